The third-order valence-corrected chi connectivity index (χ3v) is 3.78. The van der Waals surface area contributed by atoms with Gasteiger partial charge in [-0.3, -0.25) is 4.90 Å². The molecular formula is C13H29N3O2. The van der Waals surface area contributed by atoms with Crippen molar-refractivity contribution >= 4 is 0 Å². The zero-order chi connectivity index (χ0) is 13.2. The summed E-state index contributed by atoms with van der Waals surface area (Å²) in [6.07, 6.45) is 4.59. The summed E-state index contributed by atoms with van der Waals surface area (Å²) in [5.41, 5.74) is 5.50. The fraction of sp³-hybridized carbons (Fsp3) is 1.00. The highest BCUT2D eigenvalue weighted by Crippen LogP contribution is 2.16. The Bertz CT molecular complexity index is 191. The van der Waals surface area contributed by atoms with E-state index in [4.69, 9.17) is 15.9 Å². The van der Waals surface area contributed by atoms with Crippen LogP contribution in [-0.2, 0) is 0 Å². The minimum atomic E-state index is 0.177. The average Bonchev–Trinajstić information content (AvgIpc) is 2.40. The minimum absolute atomic E-state index is 0.177. The van der Waals surface area contributed by atoms with Crippen molar-refractivity contribution in [1.82, 2.24) is 9.80 Å². The van der Waals surface area contributed by atoms with Gasteiger partial charge >= 0.3 is 0 Å². The molecule has 0 aromatic carbocycles. The fourth-order valence-electron chi connectivity index (χ4n) is 2.72. The van der Waals surface area contributed by atoms with Gasteiger partial charge in [-0.05, 0) is 51.9 Å². The standard InChI is InChI=1S/C13H29N3O2/c14-5-1-2-6-15-7-3-13(4-8-15)16(9-11-17)10-12-18/h13,17-18H,1-12,14H2. The van der Waals surface area contributed by atoms with Crippen LogP contribution < -0.4 is 5.73 Å². The second-order valence-corrected chi connectivity index (χ2v) is 5.05. The van der Waals surface area contributed by atoms with E-state index in [1.165, 1.54) is 6.42 Å². The van der Waals surface area contributed by atoms with E-state index in [0.717, 1.165) is 45.4 Å². The maximum absolute atomic E-state index is 9.04. The summed E-state index contributed by atoms with van der Waals surface area (Å²) in [5.74, 6) is 0. The quantitative estimate of drug-likeness (QED) is 0.486. The fourth-order valence-corrected chi connectivity index (χ4v) is 2.72. The van der Waals surface area contributed by atoms with Gasteiger partial charge in [-0.15, -0.1) is 0 Å². The summed E-state index contributed by atoms with van der Waals surface area (Å²) in [6, 6.07) is 0.523. The van der Waals surface area contributed by atoms with Gasteiger partial charge in [0.25, 0.3) is 0 Å². The highest BCUT2D eigenvalue weighted by molar-refractivity contribution is 4.79. The second kappa shape index (κ2) is 9.69. The van der Waals surface area contributed by atoms with Crippen molar-refractivity contribution in [3.05, 3.63) is 0 Å². The van der Waals surface area contributed by atoms with Gasteiger partial charge in [0.2, 0.25) is 0 Å². The van der Waals surface area contributed by atoms with E-state index in [9.17, 15) is 0 Å². The zero-order valence-corrected chi connectivity index (χ0v) is 11.4. The summed E-state index contributed by atoms with van der Waals surface area (Å²) in [5, 5.41) is 18.1. The predicted octanol–water partition coefficient (Wildman–Crippen LogP) is -0.524. The number of hydrogen-bond acceptors (Lipinski definition) is 5. The van der Waals surface area contributed by atoms with Crippen molar-refractivity contribution in [2.24, 2.45) is 5.73 Å². The van der Waals surface area contributed by atoms with E-state index in [2.05, 4.69) is 9.80 Å². The molecule has 0 aromatic rings. The molecule has 0 atom stereocenters. The first-order valence-electron chi connectivity index (χ1n) is 7.20. The van der Waals surface area contributed by atoms with E-state index in [0.29, 0.717) is 19.1 Å². The molecule has 1 heterocycles. The Morgan fingerprint density at radius 2 is 1.67 bits per heavy atom. The number of likely N-dealkylation sites (tertiary alicyclic amines) is 1. The molecule has 1 aliphatic heterocycles. The van der Waals surface area contributed by atoms with Crippen molar-refractivity contribution in [3.8, 4) is 0 Å². The lowest BCUT2D eigenvalue weighted by molar-refractivity contribution is 0.0756. The molecule has 18 heavy (non-hydrogen) atoms. The van der Waals surface area contributed by atoms with E-state index in [-0.39, 0.29) is 13.2 Å². The molecule has 1 aliphatic rings. The number of rotatable bonds is 9. The SMILES string of the molecule is NCCCCN1CCC(N(CCO)CCO)CC1. The summed E-state index contributed by atoms with van der Waals surface area (Å²) in [6.45, 7) is 5.91. The molecular weight excluding hydrogens is 230 g/mol. The molecule has 0 bridgehead atoms. The molecule has 1 fully saturated rings. The van der Waals surface area contributed by atoms with E-state index < -0.39 is 0 Å². The van der Waals surface area contributed by atoms with Crippen LogP contribution in [0.4, 0.5) is 0 Å². The number of hydrogen-bond donors (Lipinski definition) is 3. The van der Waals surface area contributed by atoms with Gasteiger partial charge in [-0.25, -0.2) is 0 Å². The molecule has 5 nitrogen and oxygen atoms in total. The Hall–Kier alpha value is -0.200. The maximum Gasteiger partial charge on any atom is 0.0558 e. The van der Waals surface area contributed by atoms with Crippen LogP contribution in [0, 0.1) is 0 Å². The van der Waals surface area contributed by atoms with Crippen molar-refractivity contribution in [3.63, 3.8) is 0 Å². The summed E-state index contributed by atoms with van der Waals surface area (Å²) >= 11 is 0. The highest BCUT2D eigenvalue weighted by atomic mass is 16.3. The van der Waals surface area contributed by atoms with Gasteiger partial charge in [-0.2, -0.15) is 0 Å². The summed E-state index contributed by atoms with van der Waals surface area (Å²) in [4.78, 5) is 4.72. The Balaban J connectivity index is 2.23. The van der Waals surface area contributed by atoms with Crippen LogP contribution in [0.15, 0.2) is 0 Å². The van der Waals surface area contributed by atoms with Crippen molar-refractivity contribution in [2.45, 2.75) is 31.7 Å². The molecule has 1 saturated heterocycles. The Morgan fingerprint density at radius 3 is 2.17 bits per heavy atom. The van der Waals surface area contributed by atoms with E-state index in [1.54, 1.807) is 0 Å². The van der Waals surface area contributed by atoms with E-state index >= 15 is 0 Å². The van der Waals surface area contributed by atoms with Crippen molar-refractivity contribution < 1.29 is 10.2 Å². The molecule has 0 amide bonds. The van der Waals surface area contributed by atoms with Gasteiger partial charge < -0.3 is 20.8 Å². The lowest BCUT2D eigenvalue weighted by Crippen LogP contribution is -2.47. The highest BCUT2D eigenvalue weighted by Gasteiger charge is 2.23. The molecule has 1 rings (SSSR count). The van der Waals surface area contributed by atoms with Gasteiger partial charge in [0, 0.05) is 19.1 Å². The number of nitrogens with zero attached hydrogens (tertiary/aromatic N) is 2. The number of unbranched alkanes of at least 4 members (excludes halogenated alkanes) is 1. The zero-order valence-electron chi connectivity index (χ0n) is 11.4. The van der Waals surface area contributed by atoms with Crippen molar-refractivity contribution in [1.29, 1.82) is 0 Å². The summed E-state index contributed by atoms with van der Waals surface area (Å²) < 4.78 is 0. The van der Waals surface area contributed by atoms with Crippen molar-refractivity contribution in [2.75, 3.05) is 52.5 Å². The van der Waals surface area contributed by atoms with Crippen LogP contribution in [0.1, 0.15) is 25.7 Å². The van der Waals surface area contributed by atoms with Gasteiger partial charge in [0.05, 0.1) is 13.2 Å². The van der Waals surface area contributed by atoms with Gasteiger partial charge in [0.15, 0.2) is 0 Å². The molecule has 5 heteroatoms. The second-order valence-electron chi connectivity index (χ2n) is 5.05. The predicted molar refractivity (Wildman–Crippen MR) is 73.5 cm³/mol. The Labute approximate surface area is 111 Å². The lowest BCUT2D eigenvalue weighted by Gasteiger charge is -2.38. The third kappa shape index (κ3) is 5.63. The number of nitrogens with two attached hydrogens (primary N) is 1. The molecule has 0 saturated carbocycles. The smallest absolute Gasteiger partial charge is 0.0558 e. The van der Waals surface area contributed by atoms with Crippen LogP contribution in [0.25, 0.3) is 0 Å². The lowest BCUT2D eigenvalue weighted by atomic mass is 10.0. The Kier molecular flexibility index (Phi) is 8.54. The average molecular weight is 259 g/mol. The van der Waals surface area contributed by atoms with Crippen LogP contribution in [0.3, 0.4) is 0 Å². The molecule has 4 N–H and O–H groups in total. The molecule has 0 aromatic heterocycles. The van der Waals surface area contributed by atoms with Crippen LogP contribution in [0.5, 0.6) is 0 Å². The minimum Gasteiger partial charge on any atom is -0.395 e. The Morgan fingerprint density at radius 1 is 1.06 bits per heavy atom. The van der Waals surface area contributed by atoms with Crippen LogP contribution in [-0.4, -0.2) is 78.5 Å². The molecule has 0 spiro atoms. The van der Waals surface area contributed by atoms with E-state index in [1.807, 2.05) is 0 Å². The first kappa shape index (κ1) is 15.9. The molecule has 0 radical (unpaired) electrons. The van der Waals surface area contributed by atoms with Crippen LogP contribution >= 0.6 is 0 Å². The van der Waals surface area contributed by atoms with Gasteiger partial charge in [0.1, 0.15) is 0 Å². The monoisotopic (exact) mass is 259 g/mol. The first-order valence-corrected chi connectivity index (χ1v) is 7.20. The number of aliphatic hydroxyl groups is 2. The topological polar surface area (TPSA) is 73.0 Å². The third-order valence-electron chi connectivity index (χ3n) is 3.78. The first-order chi connectivity index (χ1) is 8.81. The van der Waals surface area contributed by atoms with Crippen LogP contribution in [0.2, 0.25) is 0 Å². The largest absolute Gasteiger partial charge is 0.395 e. The molecule has 0 unspecified atom stereocenters. The normalized spacial score (nSPS) is 18.7. The molecule has 108 valence electrons. The summed E-state index contributed by atoms with van der Waals surface area (Å²) in [7, 11) is 0. The number of aliphatic hydroxyl groups excluding tert-OH is 2. The maximum atomic E-state index is 9.04. The molecule has 0 aliphatic carbocycles. The number of piperidine rings is 1. The van der Waals surface area contributed by atoms with Gasteiger partial charge in [-0.1, -0.05) is 0 Å².